The van der Waals surface area contributed by atoms with Gasteiger partial charge in [0.15, 0.2) is 0 Å². The summed E-state index contributed by atoms with van der Waals surface area (Å²) < 4.78 is 1.82. The van der Waals surface area contributed by atoms with Gasteiger partial charge in [-0.25, -0.2) is 0 Å². The van der Waals surface area contributed by atoms with Gasteiger partial charge in [0.25, 0.3) is 5.56 Å². The van der Waals surface area contributed by atoms with E-state index in [2.05, 4.69) is 17.1 Å². The third kappa shape index (κ3) is 3.27. The minimum Gasteiger partial charge on any atom is -0.396 e. The number of fused-ring (bicyclic) bond motifs is 4. The molecular formula is C26H27N3O3. The van der Waals surface area contributed by atoms with Gasteiger partial charge in [0, 0.05) is 42.1 Å². The molecule has 0 radical (unpaired) electrons. The zero-order valence-corrected chi connectivity index (χ0v) is 18.0. The van der Waals surface area contributed by atoms with Crippen molar-refractivity contribution in [3.63, 3.8) is 0 Å². The lowest BCUT2D eigenvalue weighted by molar-refractivity contribution is -0.122. The molecule has 2 aromatic carbocycles. The van der Waals surface area contributed by atoms with E-state index in [9.17, 15) is 14.7 Å². The van der Waals surface area contributed by atoms with Gasteiger partial charge in [0.05, 0.1) is 12.0 Å². The number of aliphatic hydroxyl groups excluding tert-OH is 1. The number of nitrogens with zero attached hydrogens (tertiary/aromatic N) is 2. The van der Waals surface area contributed by atoms with Gasteiger partial charge in [-0.05, 0) is 36.4 Å². The summed E-state index contributed by atoms with van der Waals surface area (Å²) in [6.45, 7) is 3.19. The maximum Gasteiger partial charge on any atom is 0.258 e. The van der Waals surface area contributed by atoms with Gasteiger partial charge in [-0.15, -0.1) is 0 Å². The van der Waals surface area contributed by atoms with E-state index in [0.717, 1.165) is 23.5 Å². The lowest BCUT2D eigenvalue weighted by Crippen LogP contribution is -2.46. The van der Waals surface area contributed by atoms with Crippen molar-refractivity contribution in [2.45, 2.75) is 25.6 Å². The minimum atomic E-state index is -0.444. The predicted octanol–water partition coefficient (Wildman–Crippen LogP) is 3.14. The van der Waals surface area contributed by atoms with E-state index in [-0.39, 0.29) is 36.1 Å². The number of amides is 1. The fraction of sp³-hybridized carbons (Fsp3) is 0.308. The molecular weight excluding hydrogens is 402 g/mol. The van der Waals surface area contributed by atoms with E-state index in [0.29, 0.717) is 12.1 Å². The zero-order valence-electron chi connectivity index (χ0n) is 18.0. The first-order chi connectivity index (χ1) is 15.6. The average molecular weight is 430 g/mol. The molecule has 5 rings (SSSR count). The molecule has 164 valence electrons. The highest BCUT2D eigenvalue weighted by atomic mass is 16.3. The van der Waals surface area contributed by atoms with Gasteiger partial charge in [-0.2, -0.15) is 0 Å². The van der Waals surface area contributed by atoms with E-state index in [4.69, 9.17) is 0 Å². The molecule has 32 heavy (non-hydrogen) atoms. The van der Waals surface area contributed by atoms with Crippen LogP contribution in [0.5, 0.6) is 0 Å². The molecule has 2 bridgehead atoms. The SMILES string of the molecule is CCN1[C@@H]2c3ccc(-c4ccccc4)c(=O)n3C[C@H]1[C@H](CO)[C@H]2C(=O)Nc1ccccc1. The number of nitrogens with one attached hydrogen (secondary N) is 1. The van der Waals surface area contributed by atoms with Crippen LogP contribution in [-0.2, 0) is 11.3 Å². The van der Waals surface area contributed by atoms with Crippen LogP contribution >= 0.6 is 0 Å². The first-order valence-electron chi connectivity index (χ1n) is 11.2. The predicted molar refractivity (Wildman–Crippen MR) is 124 cm³/mol. The number of aromatic nitrogens is 1. The number of benzene rings is 2. The molecule has 0 saturated carbocycles. The summed E-state index contributed by atoms with van der Waals surface area (Å²) in [5, 5.41) is 13.3. The van der Waals surface area contributed by atoms with Crippen LogP contribution in [0, 0.1) is 11.8 Å². The van der Waals surface area contributed by atoms with Crippen molar-refractivity contribution in [1.82, 2.24) is 9.47 Å². The fourth-order valence-corrected chi connectivity index (χ4v) is 5.54. The Balaban J connectivity index is 1.58. The second kappa shape index (κ2) is 8.37. The molecule has 1 amide bonds. The van der Waals surface area contributed by atoms with Crippen molar-refractivity contribution in [3.05, 3.63) is 88.8 Å². The molecule has 0 spiro atoms. The number of hydrogen-bond donors (Lipinski definition) is 2. The summed E-state index contributed by atoms with van der Waals surface area (Å²) in [4.78, 5) is 29.2. The van der Waals surface area contributed by atoms with Crippen LogP contribution in [0.3, 0.4) is 0 Å². The van der Waals surface area contributed by atoms with Crippen LogP contribution < -0.4 is 10.9 Å². The molecule has 2 aliphatic rings. The van der Waals surface area contributed by atoms with Crippen molar-refractivity contribution in [2.24, 2.45) is 11.8 Å². The number of hydrogen-bond acceptors (Lipinski definition) is 4. The van der Waals surface area contributed by atoms with Crippen LogP contribution in [0.25, 0.3) is 11.1 Å². The van der Waals surface area contributed by atoms with Crippen LogP contribution in [0.4, 0.5) is 5.69 Å². The van der Waals surface area contributed by atoms with Gasteiger partial charge < -0.3 is 15.0 Å². The Bertz CT molecular complexity index is 1180. The molecule has 2 N–H and O–H groups in total. The number of pyridine rings is 1. The van der Waals surface area contributed by atoms with E-state index >= 15 is 0 Å². The van der Waals surface area contributed by atoms with Gasteiger partial charge in [0.1, 0.15) is 0 Å². The number of para-hydroxylation sites is 1. The Kier molecular flexibility index (Phi) is 5.41. The van der Waals surface area contributed by atoms with Crippen molar-refractivity contribution < 1.29 is 9.90 Å². The molecule has 1 saturated heterocycles. The maximum atomic E-state index is 13.5. The Morgan fingerprint density at radius 3 is 2.38 bits per heavy atom. The molecule has 0 unspecified atom stereocenters. The molecule has 4 atom stereocenters. The molecule has 3 heterocycles. The summed E-state index contributed by atoms with van der Waals surface area (Å²) >= 11 is 0. The summed E-state index contributed by atoms with van der Waals surface area (Å²) in [6, 6.07) is 22.6. The van der Waals surface area contributed by atoms with E-state index < -0.39 is 5.92 Å². The zero-order chi connectivity index (χ0) is 22.2. The summed E-state index contributed by atoms with van der Waals surface area (Å²) in [6.07, 6.45) is 0. The molecule has 6 nitrogen and oxygen atoms in total. The topological polar surface area (TPSA) is 74.6 Å². The van der Waals surface area contributed by atoms with Crippen LogP contribution in [0.15, 0.2) is 77.6 Å². The quantitative estimate of drug-likeness (QED) is 0.654. The largest absolute Gasteiger partial charge is 0.396 e. The number of carbonyl (C=O) groups excluding carboxylic acids is 1. The number of anilines is 1. The molecule has 2 aliphatic heterocycles. The Morgan fingerprint density at radius 1 is 1.03 bits per heavy atom. The average Bonchev–Trinajstić information content (AvgIpc) is 3.06. The second-order valence-electron chi connectivity index (χ2n) is 8.52. The first kappa shape index (κ1) is 20.7. The summed E-state index contributed by atoms with van der Waals surface area (Å²) in [7, 11) is 0. The standard InChI is InChI=1S/C26H27N3O3/c1-2-28-22-15-29-21(14-13-19(26(29)32)17-9-5-3-6-10-17)24(28)23(20(22)16-30)25(31)27-18-11-7-4-8-12-18/h3-14,20,22-24,30H,2,15-16H2,1H3,(H,27,31)/t20-,22-,23+,24+/m0/s1. The maximum absolute atomic E-state index is 13.5. The molecule has 1 fully saturated rings. The fourth-order valence-electron chi connectivity index (χ4n) is 5.54. The highest BCUT2D eigenvalue weighted by Gasteiger charge is 2.55. The van der Waals surface area contributed by atoms with Crippen molar-refractivity contribution >= 4 is 11.6 Å². The Hall–Kier alpha value is -3.22. The second-order valence-corrected chi connectivity index (χ2v) is 8.52. The highest BCUT2D eigenvalue weighted by Crippen LogP contribution is 2.48. The lowest BCUT2D eigenvalue weighted by atomic mass is 9.86. The summed E-state index contributed by atoms with van der Waals surface area (Å²) in [5.74, 6) is -0.807. The van der Waals surface area contributed by atoms with Crippen LogP contribution in [0.2, 0.25) is 0 Å². The Labute approximate surface area is 187 Å². The molecule has 6 heteroatoms. The highest BCUT2D eigenvalue weighted by molar-refractivity contribution is 5.93. The number of aliphatic hydroxyl groups is 1. The number of rotatable bonds is 5. The number of carbonyl (C=O) groups is 1. The van der Waals surface area contributed by atoms with Gasteiger partial charge >= 0.3 is 0 Å². The van der Waals surface area contributed by atoms with E-state index in [1.807, 2.05) is 77.4 Å². The van der Waals surface area contributed by atoms with Gasteiger partial charge in [-0.3, -0.25) is 14.5 Å². The number of likely N-dealkylation sites (N-methyl/N-ethyl adjacent to an activating group) is 1. The van der Waals surface area contributed by atoms with Gasteiger partial charge in [-0.1, -0.05) is 55.5 Å². The minimum absolute atomic E-state index is 0.0414. The monoisotopic (exact) mass is 429 g/mol. The van der Waals surface area contributed by atoms with E-state index in [1.165, 1.54) is 0 Å². The smallest absolute Gasteiger partial charge is 0.258 e. The normalized spacial score (nSPS) is 24.2. The van der Waals surface area contributed by atoms with Crippen LogP contribution in [0.1, 0.15) is 18.7 Å². The molecule has 3 aromatic rings. The van der Waals surface area contributed by atoms with Crippen molar-refractivity contribution in [2.75, 3.05) is 18.5 Å². The molecule has 1 aromatic heterocycles. The van der Waals surface area contributed by atoms with Crippen molar-refractivity contribution in [3.8, 4) is 11.1 Å². The van der Waals surface area contributed by atoms with E-state index in [1.54, 1.807) is 0 Å². The first-order valence-corrected chi connectivity index (χ1v) is 11.2. The Morgan fingerprint density at radius 2 is 1.72 bits per heavy atom. The van der Waals surface area contributed by atoms with Crippen LogP contribution in [-0.4, -0.2) is 39.7 Å². The third-order valence-electron chi connectivity index (χ3n) is 6.96. The lowest BCUT2D eigenvalue weighted by Gasteiger charge is -2.37. The summed E-state index contributed by atoms with van der Waals surface area (Å²) in [5.41, 5.74) is 3.08. The molecule has 0 aliphatic carbocycles. The van der Waals surface area contributed by atoms with Crippen molar-refractivity contribution in [1.29, 1.82) is 0 Å². The third-order valence-corrected chi connectivity index (χ3v) is 6.96. The van der Waals surface area contributed by atoms with Gasteiger partial charge in [0.2, 0.25) is 5.91 Å².